The summed E-state index contributed by atoms with van der Waals surface area (Å²) < 4.78 is 34.8. The van der Waals surface area contributed by atoms with Crippen molar-refractivity contribution in [2.24, 2.45) is 0 Å². The van der Waals surface area contributed by atoms with Crippen LogP contribution in [0.15, 0.2) is 29.2 Å². The fourth-order valence-corrected chi connectivity index (χ4v) is 9.30. The smallest absolute Gasteiger partial charge is 0.294 e. The van der Waals surface area contributed by atoms with Gasteiger partial charge in [-0.2, -0.15) is 8.42 Å². The van der Waals surface area contributed by atoms with Crippen LogP contribution < -0.4 is 4.74 Å². The number of aliphatic hydroxyl groups excluding tert-OH is 1. The SMILES string of the molecule is CC(O)Oc1ccc(S(=O)(=O)O)cc1.CCCC[P+](CCCC)(CCCC)CCCC. The van der Waals surface area contributed by atoms with Gasteiger partial charge in [-0.15, -0.1) is 0 Å². The number of hydrogen-bond acceptors (Lipinski definition) is 4. The molecule has 0 radical (unpaired) electrons. The third-order valence-electron chi connectivity index (χ3n) is 5.37. The third kappa shape index (κ3) is 14.2. The molecule has 1 atom stereocenters. The maximum Gasteiger partial charge on any atom is 0.294 e. The van der Waals surface area contributed by atoms with E-state index >= 15 is 0 Å². The molecule has 1 unspecified atom stereocenters. The fraction of sp³-hybridized carbons (Fsp3) is 0.750. The zero-order valence-electron chi connectivity index (χ0n) is 20.3. The van der Waals surface area contributed by atoms with Gasteiger partial charge in [0, 0.05) is 7.26 Å². The molecular weight excluding hydrogens is 431 g/mol. The lowest BCUT2D eigenvalue weighted by molar-refractivity contribution is -0.000326. The highest BCUT2D eigenvalue weighted by Crippen LogP contribution is 2.61. The molecule has 0 heterocycles. The van der Waals surface area contributed by atoms with E-state index in [0.29, 0.717) is 5.75 Å². The van der Waals surface area contributed by atoms with Crippen molar-refractivity contribution in [3.8, 4) is 5.75 Å². The highest BCUT2D eigenvalue weighted by molar-refractivity contribution is 7.85. The molecule has 0 spiro atoms. The van der Waals surface area contributed by atoms with Crippen molar-refractivity contribution >= 4 is 17.4 Å². The van der Waals surface area contributed by atoms with E-state index in [2.05, 4.69) is 27.7 Å². The molecule has 5 nitrogen and oxygen atoms in total. The zero-order chi connectivity index (χ0) is 23.8. The Kier molecular flexibility index (Phi) is 16.5. The van der Waals surface area contributed by atoms with E-state index in [1.54, 1.807) is 24.6 Å². The summed E-state index contributed by atoms with van der Waals surface area (Å²) in [6.07, 6.45) is 17.0. The number of unbranched alkanes of at least 4 members (excludes halogenated alkanes) is 4. The summed E-state index contributed by atoms with van der Waals surface area (Å²) in [4.78, 5) is -0.213. The Bertz CT molecular complexity index is 622. The molecule has 1 aromatic carbocycles. The molecule has 0 amide bonds. The first-order valence-corrected chi connectivity index (χ1v) is 15.9. The van der Waals surface area contributed by atoms with Gasteiger partial charge < -0.3 is 9.84 Å². The van der Waals surface area contributed by atoms with Gasteiger partial charge in [0.2, 0.25) is 0 Å². The van der Waals surface area contributed by atoms with Crippen molar-refractivity contribution in [1.29, 1.82) is 0 Å². The maximum absolute atomic E-state index is 10.6. The molecule has 0 aliphatic carbocycles. The van der Waals surface area contributed by atoms with E-state index < -0.39 is 23.7 Å². The second-order valence-electron chi connectivity index (χ2n) is 8.31. The largest absolute Gasteiger partial charge is 0.465 e. The second-order valence-corrected chi connectivity index (χ2v) is 14.2. The summed E-state index contributed by atoms with van der Waals surface area (Å²) in [6, 6.07) is 5.06. The minimum absolute atomic E-state index is 0.213. The van der Waals surface area contributed by atoms with Gasteiger partial charge in [-0.25, -0.2) is 0 Å². The standard InChI is InChI=1S/C16H36P.C8H10O5S/c1-5-9-13-17(14-10-6-2,15-11-7-3)16-12-8-4;1-6(9)13-7-2-4-8(5-3-7)14(10,11)12/h5-16H2,1-4H3;2-6,9H,1H3,(H,10,11,12)/q+1;. The van der Waals surface area contributed by atoms with E-state index in [4.69, 9.17) is 14.4 Å². The monoisotopic (exact) mass is 477 g/mol. The van der Waals surface area contributed by atoms with Crippen LogP contribution in [-0.2, 0) is 10.1 Å². The second kappa shape index (κ2) is 16.9. The molecule has 7 heteroatoms. The quantitative estimate of drug-likeness (QED) is 0.164. The van der Waals surface area contributed by atoms with E-state index in [0.717, 1.165) is 0 Å². The maximum atomic E-state index is 10.6. The first kappa shape index (κ1) is 30.3. The van der Waals surface area contributed by atoms with Crippen LogP contribution in [-0.4, -0.2) is 49.0 Å². The lowest BCUT2D eigenvalue weighted by Crippen LogP contribution is -2.12. The predicted octanol–water partition coefficient (Wildman–Crippen LogP) is 6.85. The van der Waals surface area contributed by atoms with Gasteiger partial charge in [0.15, 0.2) is 6.29 Å². The lowest BCUT2D eigenvalue weighted by Gasteiger charge is -2.28. The van der Waals surface area contributed by atoms with Crippen LogP contribution in [0, 0.1) is 0 Å². The van der Waals surface area contributed by atoms with Crippen molar-refractivity contribution in [2.45, 2.75) is 97.2 Å². The zero-order valence-corrected chi connectivity index (χ0v) is 22.1. The van der Waals surface area contributed by atoms with Crippen LogP contribution in [0.5, 0.6) is 5.75 Å². The molecule has 0 aromatic heterocycles. The summed E-state index contributed by atoms with van der Waals surface area (Å²) in [6.45, 7) is 10.8. The van der Waals surface area contributed by atoms with Crippen LogP contribution in [0.2, 0.25) is 0 Å². The Morgan fingerprint density at radius 1 is 0.806 bits per heavy atom. The number of benzene rings is 1. The third-order valence-corrected chi connectivity index (χ3v) is 11.3. The lowest BCUT2D eigenvalue weighted by atomic mass is 10.3. The van der Waals surface area contributed by atoms with Gasteiger partial charge in [0.05, 0.1) is 29.5 Å². The van der Waals surface area contributed by atoms with Gasteiger partial charge in [-0.3, -0.25) is 4.55 Å². The number of aliphatic hydroxyl groups is 1. The molecule has 2 N–H and O–H groups in total. The molecule has 0 fully saturated rings. The Morgan fingerprint density at radius 2 is 1.16 bits per heavy atom. The van der Waals surface area contributed by atoms with Crippen LogP contribution in [0.25, 0.3) is 0 Å². The average molecular weight is 478 g/mol. The average Bonchev–Trinajstić information content (AvgIpc) is 2.72. The minimum atomic E-state index is -4.17. The van der Waals surface area contributed by atoms with Gasteiger partial charge >= 0.3 is 0 Å². The van der Waals surface area contributed by atoms with Crippen LogP contribution in [0.3, 0.4) is 0 Å². The molecule has 31 heavy (non-hydrogen) atoms. The van der Waals surface area contributed by atoms with E-state index in [-0.39, 0.29) is 4.90 Å². The van der Waals surface area contributed by atoms with E-state index in [9.17, 15) is 8.42 Å². The first-order chi connectivity index (χ1) is 14.6. The molecule has 182 valence electrons. The van der Waals surface area contributed by atoms with Crippen LogP contribution in [0.4, 0.5) is 0 Å². The van der Waals surface area contributed by atoms with Gasteiger partial charge in [-0.1, -0.05) is 53.4 Å². The molecule has 0 bridgehead atoms. The van der Waals surface area contributed by atoms with Gasteiger partial charge in [0.1, 0.15) is 5.75 Å². The normalized spacial score (nSPS) is 12.7. The molecule has 1 aromatic rings. The van der Waals surface area contributed by atoms with Crippen LogP contribution in [0.1, 0.15) is 86.0 Å². The van der Waals surface area contributed by atoms with Crippen molar-refractivity contribution < 1.29 is 22.8 Å². The molecule has 0 aliphatic heterocycles. The van der Waals surface area contributed by atoms with Crippen molar-refractivity contribution in [1.82, 2.24) is 0 Å². The van der Waals surface area contributed by atoms with Crippen molar-refractivity contribution in [3.63, 3.8) is 0 Å². The van der Waals surface area contributed by atoms with E-state index in [1.165, 1.54) is 82.6 Å². The summed E-state index contributed by atoms with van der Waals surface area (Å²) in [7, 11) is -4.73. The number of ether oxygens (including phenoxy) is 1. The van der Waals surface area contributed by atoms with Crippen LogP contribution >= 0.6 is 7.26 Å². The molecule has 0 saturated heterocycles. The summed E-state index contributed by atoms with van der Waals surface area (Å²) in [5, 5.41) is 8.85. The summed E-state index contributed by atoms with van der Waals surface area (Å²) in [5.41, 5.74) is 0. The molecular formula is C24H46O5PS+. The highest BCUT2D eigenvalue weighted by atomic mass is 32.2. The summed E-state index contributed by atoms with van der Waals surface area (Å²) >= 11 is 0. The molecule has 0 saturated carbocycles. The number of rotatable bonds is 15. The topological polar surface area (TPSA) is 83.8 Å². The van der Waals surface area contributed by atoms with Gasteiger partial charge in [-0.05, 0) is 56.9 Å². The Morgan fingerprint density at radius 3 is 1.42 bits per heavy atom. The Labute approximate surface area is 192 Å². The molecule has 0 aliphatic rings. The van der Waals surface area contributed by atoms with Crippen molar-refractivity contribution in [2.75, 3.05) is 24.6 Å². The fourth-order valence-electron chi connectivity index (χ4n) is 3.53. The molecule has 1 rings (SSSR count). The van der Waals surface area contributed by atoms with E-state index in [1.807, 2.05) is 0 Å². The Hall–Kier alpha value is -0.680. The minimum Gasteiger partial charge on any atom is -0.465 e. The highest BCUT2D eigenvalue weighted by Gasteiger charge is 2.34. The van der Waals surface area contributed by atoms with Crippen molar-refractivity contribution in [3.05, 3.63) is 24.3 Å². The number of hydrogen-bond donors (Lipinski definition) is 2. The van der Waals surface area contributed by atoms with Gasteiger partial charge in [0.25, 0.3) is 10.1 Å². The first-order valence-electron chi connectivity index (χ1n) is 11.9. The predicted molar refractivity (Wildman–Crippen MR) is 135 cm³/mol. The summed E-state index contributed by atoms with van der Waals surface area (Å²) in [5.74, 6) is 0.326. The Balaban J connectivity index is 0.000000590.